The fourth-order valence-corrected chi connectivity index (χ4v) is 2.10. The molecule has 23 heavy (non-hydrogen) atoms. The monoisotopic (exact) mass is 321 g/mol. The summed E-state index contributed by atoms with van der Waals surface area (Å²) in [6.45, 7) is -0.205. The van der Waals surface area contributed by atoms with E-state index in [-0.39, 0.29) is 12.1 Å². The van der Waals surface area contributed by atoms with Gasteiger partial charge in [-0.1, -0.05) is 6.07 Å². The van der Waals surface area contributed by atoms with Crippen LogP contribution in [0.2, 0.25) is 0 Å². The highest BCUT2D eigenvalue weighted by molar-refractivity contribution is 5.98. The van der Waals surface area contributed by atoms with Crippen LogP contribution in [0.15, 0.2) is 36.5 Å². The minimum Gasteiger partial charge on any atom is -0.386 e. The van der Waals surface area contributed by atoms with Crippen molar-refractivity contribution in [3.8, 4) is 0 Å². The normalized spacial score (nSPS) is 11.9. The van der Waals surface area contributed by atoms with Crippen molar-refractivity contribution < 1.29 is 18.7 Å². The fraction of sp³-hybridized carbons (Fsp3) is 0.250. The molecule has 7 heteroatoms. The molecule has 1 aromatic carbocycles. The zero-order valence-corrected chi connectivity index (χ0v) is 12.8. The van der Waals surface area contributed by atoms with Crippen LogP contribution in [0.5, 0.6) is 0 Å². The Hall–Kier alpha value is -2.54. The standard InChI is InChI=1S/C16H17F2N3O2/c1-21(2)15-12(4-3-7-19-15)16(23)20-9-14(22)11-6-5-10(17)8-13(11)18/h3-8,14,22H,9H2,1-2H3,(H,20,23)/t14-/m1/s1. The molecular weight excluding hydrogens is 304 g/mol. The number of benzene rings is 1. The summed E-state index contributed by atoms with van der Waals surface area (Å²) in [5, 5.41) is 12.5. The number of hydrogen-bond acceptors (Lipinski definition) is 4. The van der Waals surface area contributed by atoms with Crippen LogP contribution in [0, 0.1) is 11.6 Å². The quantitative estimate of drug-likeness (QED) is 0.883. The van der Waals surface area contributed by atoms with E-state index in [9.17, 15) is 18.7 Å². The lowest BCUT2D eigenvalue weighted by Crippen LogP contribution is -2.30. The highest BCUT2D eigenvalue weighted by Gasteiger charge is 2.17. The number of amides is 1. The van der Waals surface area contributed by atoms with Gasteiger partial charge >= 0.3 is 0 Å². The summed E-state index contributed by atoms with van der Waals surface area (Å²) in [6, 6.07) is 6.11. The maximum atomic E-state index is 13.6. The Kier molecular flexibility index (Phi) is 5.23. The van der Waals surface area contributed by atoms with Crippen LogP contribution in [-0.4, -0.2) is 36.6 Å². The summed E-state index contributed by atoms with van der Waals surface area (Å²) in [6.07, 6.45) is 0.286. The summed E-state index contributed by atoms with van der Waals surface area (Å²) >= 11 is 0. The molecule has 0 aliphatic rings. The van der Waals surface area contributed by atoms with Crippen molar-refractivity contribution in [3.63, 3.8) is 0 Å². The maximum absolute atomic E-state index is 13.6. The third-order valence-corrected chi connectivity index (χ3v) is 3.23. The molecule has 0 saturated heterocycles. The van der Waals surface area contributed by atoms with E-state index in [0.717, 1.165) is 12.1 Å². The van der Waals surface area contributed by atoms with Gasteiger partial charge in [-0.25, -0.2) is 13.8 Å². The molecule has 5 nitrogen and oxygen atoms in total. The number of aliphatic hydroxyl groups is 1. The lowest BCUT2D eigenvalue weighted by Gasteiger charge is -2.17. The smallest absolute Gasteiger partial charge is 0.255 e. The minimum absolute atomic E-state index is 0.0780. The summed E-state index contributed by atoms with van der Waals surface area (Å²) in [5.41, 5.74) is 0.259. The van der Waals surface area contributed by atoms with Crippen LogP contribution < -0.4 is 10.2 Å². The van der Waals surface area contributed by atoms with Gasteiger partial charge in [-0.3, -0.25) is 4.79 Å². The van der Waals surface area contributed by atoms with E-state index in [2.05, 4.69) is 10.3 Å². The third-order valence-electron chi connectivity index (χ3n) is 3.23. The first-order valence-corrected chi connectivity index (χ1v) is 6.93. The van der Waals surface area contributed by atoms with E-state index < -0.39 is 23.6 Å². The van der Waals surface area contributed by atoms with Crippen LogP contribution in [0.3, 0.4) is 0 Å². The lowest BCUT2D eigenvalue weighted by molar-refractivity contribution is 0.0914. The number of nitrogens with zero attached hydrogens (tertiary/aromatic N) is 2. The number of halogens is 2. The summed E-state index contributed by atoms with van der Waals surface area (Å²) in [7, 11) is 3.50. The van der Waals surface area contributed by atoms with Crippen LogP contribution in [0.25, 0.3) is 0 Å². The number of hydrogen-bond donors (Lipinski definition) is 2. The highest BCUT2D eigenvalue weighted by Crippen LogP contribution is 2.18. The molecule has 0 bridgehead atoms. The molecule has 0 unspecified atom stereocenters. The fourth-order valence-electron chi connectivity index (χ4n) is 2.10. The van der Waals surface area contributed by atoms with Gasteiger partial charge in [0.25, 0.3) is 5.91 Å². The largest absolute Gasteiger partial charge is 0.386 e. The first kappa shape index (κ1) is 16.8. The van der Waals surface area contributed by atoms with Crippen LogP contribution in [0.4, 0.5) is 14.6 Å². The van der Waals surface area contributed by atoms with Gasteiger partial charge < -0.3 is 15.3 Å². The van der Waals surface area contributed by atoms with E-state index in [1.165, 1.54) is 0 Å². The van der Waals surface area contributed by atoms with Crippen molar-refractivity contribution in [2.24, 2.45) is 0 Å². The Morgan fingerprint density at radius 1 is 1.35 bits per heavy atom. The van der Waals surface area contributed by atoms with Crippen molar-refractivity contribution in [3.05, 3.63) is 59.3 Å². The van der Waals surface area contributed by atoms with Crippen LogP contribution in [0.1, 0.15) is 22.0 Å². The second-order valence-corrected chi connectivity index (χ2v) is 5.16. The minimum atomic E-state index is -1.28. The van der Waals surface area contributed by atoms with Gasteiger partial charge in [0.2, 0.25) is 0 Å². The van der Waals surface area contributed by atoms with Gasteiger partial charge in [0.1, 0.15) is 17.5 Å². The van der Waals surface area contributed by atoms with Crippen molar-refractivity contribution >= 4 is 11.7 Å². The summed E-state index contributed by atoms with van der Waals surface area (Å²) in [5.74, 6) is -1.55. The van der Waals surface area contributed by atoms with Gasteiger partial charge in [-0.05, 0) is 18.2 Å². The highest BCUT2D eigenvalue weighted by atomic mass is 19.1. The first-order valence-electron chi connectivity index (χ1n) is 6.93. The number of nitrogens with one attached hydrogen (secondary N) is 1. The number of pyridine rings is 1. The first-order chi connectivity index (χ1) is 10.9. The topological polar surface area (TPSA) is 65.5 Å². The molecule has 0 aliphatic carbocycles. The molecule has 2 rings (SSSR count). The molecule has 2 aromatic rings. The molecule has 0 saturated carbocycles. The van der Waals surface area contributed by atoms with Gasteiger partial charge in [-0.2, -0.15) is 0 Å². The second kappa shape index (κ2) is 7.15. The van der Waals surface area contributed by atoms with Crippen molar-refractivity contribution in [1.29, 1.82) is 0 Å². The Morgan fingerprint density at radius 2 is 2.09 bits per heavy atom. The van der Waals surface area contributed by atoms with E-state index in [0.29, 0.717) is 17.4 Å². The molecule has 1 amide bonds. The molecule has 1 aromatic heterocycles. The van der Waals surface area contributed by atoms with E-state index in [1.54, 1.807) is 37.3 Å². The predicted octanol–water partition coefficient (Wildman–Crippen LogP) is 1.89. The molecule has 1 atom stereocenters. The molecule has 122 valence electrons. The van der Waals surface area contributed by atoms with Crippen molar-refractivity contribution in [1.82, 2.24) is 10.3 Å². The number of anilines is 1. The second-order valence-electron chi connectivity index (χ2n) is 5.16. The molecule has 0 radical (unpaired) electrons. The number of aromatic nitrogens is 1. The zero-order valence-electron chi connectivity index (χ0n) is 12.8. The molecule has 1 heterocycles. The average Bonchev–Trinajstić information content (AvgIpc) is 2.52. The number of carbonyl (C=O) groups is 1. The Labute approximate surface area is 132 Å². The number of rotatable bonds is 5. The molecule has 0 fully saturated rings. The van der Waals surface area contributed by atoms with Crippen molar-refractivity contribution in [2.45, 2.75) is 6.10 Å². The zero-order chi connectivity index (χ0) is 17.0. The molecule has 0 spiro atoms. The third kappa shape index (κ3) is 4.01. The Balaban J connectivity index is 2.07. The molecule has 0 aliphatic heterocycles. The van der Waals surface area contributed by atoms with E-state index >= 15 is 0 Å². The maximum Gasteiger partial charge on any atom is 0.255 e. The van der Waals surface area contributed by atoms with Gasteiger partial charge in [0, 0.05) is 38.5 Å². The molecular formula is C16H17F2N3O2. The van der Waals surface area contributed by atoms with Gasteiger partial charge in [0.15, 0.2) is 0 Å². The average molecular weight is 321 g/mol. The summed E-state index contributed by atoms with van der Waals surface area (Å²) in [4.78, 5) is 18.0. The Morgan fingerprint density at radius 3 is 2.74 bits per heavy atom. The summed E-state index contributed by atoms with van der Waals surface area (Å²) < 4.78 is 26.5. The van der Waals surface area contributed by atoms with Crippen LogP contribution in [-0.2, 0) is 0 Å². The SMILES string of the molecule is CN(C)c1ncccc1C(=O)NC[C@@H](O)c1ccc(F)cc1F. The van der Waals surface area contributed by atoms with Crippen LogP contribution >= 0.6 is 0 Å². The van der Waals surface area contributed by atoms with Gasteiger partial charge in [-0.15, -0.1) is 0 Å². The van der Waals surface area contributed by atoms with Gasteiger partial charge in [0.05, 0.1) is 11.7 Å². The number of aliphatic hydroxyl groups excluding tert-OH is 1. The van der Waals surface area contributed by atoms with E-state index in [1.807, 2.05) is 0 Å². The molecule has 2 N–H and O–H groups in total. The lowest BCUT2D eigenvalue weighted by atomic mass is 10.1. The number of carbonyl (C=O) groups excluding carboxylic acids is 1. The van der Waals surface area contributed by atoms with E-state index in [4.69, 9.17) is 0 Å². The van der Waals surface area contributed by atoms with Crippen molar-refractivity contribution in [2.75, 3.05) is 25.5 Å². The predicted molar refractivity (Wildman–Crippen MR) is 82.2 cm³/mol. The Bertz CT molecular complexity index is 707.